The summed E-state index contributed by atoms with van der Waals surface area (Å²) in [5, 5.41) is 0. The van der Waals surface area contributed by atoms with Crippen LogP contribution in [0.5, 0.6) is 0 Å². The van der Waals surface area contributed by atoms with Crippen LogP contribution in [-0.4, -0.2) is 73.2 Å². The lowest BCUT2D eigenvalue weighted by Gasteiger charge is -2.38. The van der Waals surface area contributed by atoms with Gasteiger partial charge < -0.3 is 9.80 Å². The lowest BCUT2D eigenvalue weighted by molar-refractivity contribution is 0.0554. The van der Waals surface area contributed by atoms with Gasteiger partial charge in [-0.2, -0.15) is 4.31 Å². The van der Waals surface area contributed by atoms with E-state index in [1.165, 1.54) is 0 Å². The average molecular weight is 462 g/mol. The summed E-state index contributed by atoms with van der Waals surface area (Å²) in [5.41, 5.74) is 2.16. The van der Waals surface area contributed by atoms with Crippen molar-refractivity contribution in [3.8, 4) is 0 Å². The number of carbonyl (C=O) groups excluding carboxylic acids is 1. The van der Waals surface area contributed by atoms with E-state index >= 15 is 0 Å². The summed E-state index contributed by atoms with van der Waals surface area (Å²) >= 11 is 0. The third-order valence-corrected chi connectivity index (χ3v) is 9.82. The molecule has 2 saturated heterocycles. The van der Waals surface area contributed by atoms with E-state index < -0.39 is 10.0 Å². The number of rotatable bonds is 6. The molecule has 7 heteroatoms. The van der Waals surface area contributed by atoms with E-state index in [0.717, 1.165) is 69.3 Å². The minimum Gasteiger partial charge on any atom is -0.333 e. The summed E-state index contributed by atoms with van der Waals surface area (Å²) in [4.78, 5) is 18.6. The smallest absolute Gasteiger partial charge is 0.254 e. The molecule has 0 bridgehead atoms. The van der Waals surface area contributed by atoms with Gasteiger partial charge in [0.15, 0.2) is 0 Å². The molecule has 1 saturated carbocycles. The normalized spacial score (nSPS) is 22.2. The highest BCUT2D eigenvalue weighted by Crippen LogP contribution is 2.35. The average Bonchev–Trinajstić information content (AvgIpc) is 3.61. The van der Waals surface area contributed by atoms with Crippen molar-refractivity contribution in [3.63, 3.8) is 0 Å². The van der Waals surface area contributed by atoms with Crippen LogP contribution in [0, 0.1) is 19.8 Å². The van der Waals surface area contributed by atoms with E-state index in [0.29, 0.717) is 35.5 Å². The molecule has 1 aromatic rings. The molecule has 4 rings (SSSR count). The highest BCUT2D eigenvalue weighted by atomic mass is 32.2. The number of nitrogens with zero attached hydrogens (tertiary/aromatic N) is 3. The molecule has 32 heavy (non-hydrogen) atoms. The fourth-order valence-corrected chi connectivity index (χ4v) is 7.02. The van der Waals surface area contributed by atoms with Gasteiger partial charge in [-0.25, -0.2) is 8.42 Å². The molecule has 178 valence electrons. The van der Waals surface area contributed by atoms with Gasteiger partial charge in [-0.1, -0.05) is 13.8 Å². The molecule has 0 spiro atoms. The van der Waals surface area contributed by atoms with Crippen molar-refractivity contribution in [2.45, 2.75) is 83.2 Å². The molecule has 0 atom stereocenters. The third kappa shape index (κ3) is 4.75. The summed E-state index contributed by atoms with van der Waals surface area (Å²) in [5.74, 6) is 0.567. The maximum absolute atomic E-state index is 13.7. The van der Waals surface area contributed by atoms with Crippen LogP contribution < -0.4 is 0 Å². The number of amides is 1. The Balaban J connectivity index is 1.62. The lowest BCUT2D eigenvalue weighted by Crippen LogP contribution is -2.48. The lowest BCUT2D eigenvalue weighted by atomic mass is 10.00. The van der Waals surface area contributed by atoms with E-state index in [1.54, 1.807) is 10.4 Å². The van der Waals surface area contributed by atoms with Crippen LogP contribution in [0.15, 0.2) is 17.0 Å². The van der Waals surface area contributed by atoms with Gasteiger partial charge in [0.25, 0.3) is 5.91 Å². The standard InChI is InChI=1S/C25H39N3O3S/c1-5-26-12-10-23(11-13-26)28(22-6-7-22)25(29)21-16-19(3)20(4)24(17-21)32(30,31)27-14-8-18(2)9-15-27/h16-18,22-23H,5-15H2,1-4H3. The van der Waals surface area contributed by atoms with Crippen molar-refractivity contribution in [3.05, 3.63) is 28.8 Å². The topological polar surface area (TPSA) is 60.9 Å². The number of piperidine rings is 2. The Hall–Kier alpha value is -1.44. The minimum absolute atomic E-state index is 0.00858. The first kappa shape index (κ1) is 23.7. The highest BCUT2D eigenvalue weighted by Gasteiger charge is 2.39. The van der Waals surface area contributed by atoms with Crippen molar-refractivity contribution in [1.29, 1.82) is 0 Å². The molecule has 6 nitrogen and oxygen atoms in total. The van der Waals surface area contributed by atoms with Gasteiger partial charge in [-0.3, -0.25) is 4.79 Å². The van der Waals surface area contributed by atoms with E-state index in [-0.39, 0.29) is 11.9 Å². The predicted molar refractivity (Wildman–Crippen MR) is 127 cm³/mol. The first-order chi connectivity index (χ1) is 15.2. The fourth-order valence-electron chi connectivity index (χ4n) is 5.23. The molecule has 0 aromatic heterocycles. The molecule has 3 aliphatic rings. The number of likely N-dealkylation sites (tertiary alicyclic amines) is 1. The number of carbonyl (C=O) groups is 1. The number of benzene rings is 1. The predicted octanol–water partition coefficient (Wildman–Crippen LogP) is 3.81. The van der Waals surface area contributed by atoms with Crippen LogP contribution in [0.3, 0.4) is 0 Å². The Kier molecular flexibility index (Phi) is 6.99. The van der Waals surface area contributed by atoms with Crippen LogP contribution in [-0.2, 0) is 10.0 Å². The third-order valence-electron chi connectivity index (χ3n) is 7.80. The largest absolute Gasteiger partial charge is 0.333 e. The molecule has 0 N–H and O–H groups in total. The van der Waals surface area contributed by atoms with Crippen LogP contribution in [0.1, 0.15) is 73.9 Å². The SMILES string of the molecule is CCN1CCC(N(C(=O)c2cc(C)c(C)c(S(=O)(=O)N3CCC(C)CC3)c2)C2CC2)CC1. The Labute approximate surface area is 194 Å². The summed E-state index contributed by atoms with van der Waals surface area (Å²) < 4.78 is 28.7. The molecule has 1 amide bonds. The Bertz CT molecular complexity index is 941. The van der Waals surface area contributed by atoms with Gasteiger partial charge in [0.1, 0.15) is 0 Å². The monoisotopic (exact) mass is 461 g/mol. The molecule has 1 aromatic carbocycles. The van der Waals surface area contributed by atoms with E-state index in [2.05, 4.69) is 23.6 Å². The molecular weight excluding hydrogens is 422 g/mol. The van der Waals surface area contributed by atoms with Gasteiger partial charge in [-0.05, 0) is 88.1 Å². The van der Waals surface area contributed by atoms with Crippen LogP contribution >= 0.6 is 0 Å². The number of hydrogen-bond donors (Lipinski definition) is 0. The number of sulfonamides is 1. The zero-order valence-corrected chi connectivity index (χ0v) is 21.0. The first-order valence-corrected chi connectivity index (χ1v) is 13.8. The molecule has 3 fully saturated rings. The summed E-state index contributed by atoms with van der Waals surface area (Å²) in [6.45, 7) is 12.4. The minimum atomic E-state index is -3.60. The molecule has 1 aliphatic carbocycles. The number of hydrogen-bond acceptors (Lipinski definition) is 4. The van der Waals surface area contributed by atoms with E-state index in [1.807, 2.05) is 19.9 Å². The molecule has 0 unspecified atom stereocenters. The maximum atomic E-state index is 13.7. The van der Waals surface area contributed by atoms with Crippen LogP contribution in [0.25, 0.3) is 0 Å². The summed E-state index contributed by atoms with van der Waals surface area (Å²) in [6, 6.07) is 4.12. The second-order valence-electron chi connectivity index (χ2n) is 10.1. The fraction of sp³-hybridized carbons (Fsp3) is 0.720. The maximum Gasteiger partial charge on any atom is 0.254 e. The van der Waals surface area contributed by atoms with Gasteiger partial charge in [0.05, 0.1) is 4.90 Å². The first-order valence-electron chi connectivity index (χ1n) is 12.4. The van der Waals surface area contributed by atoms with Crippen molar-refractivity contribution < 1.29 is 13.2 Å². The van der Waals surface area contributed by atoms with Gasteiger partial charge in [0, 0.05) is 43.8 Å². The summed E-state index contributed by atoms with van der Waals surface area (Å²) in [6.07, 6.45) is 5.89. The van der Waals surface area contributed by atoms with Crippen molar-refractivity contribution in [1.82, 2.24) is 14.1 Å². The Morgan fingerprint density at radius 2 is 1.56 bits per heavy atom. The molecule has 0 radical (unpaired) electrons. The highest BCUT2D eigenvalue weighted by molar-refractivity contribution is 7.89. The van der Waals surface area contributed by atoms with Gasteiger partial charge in [0.2, 0.25) is 10.0 Å². The van der Waals surface area contributed by atoms with E-state index in [9.17, 15) is 13.2 Å². The summed E-state index contributed by atoms with van der Waals surface area (Å²) in [7, 11) is -3.60. The Morgan fingerprint density at radius 3 is 2.12 bits per heavy atom. The molecule has 2 aliphatic heterocycles. The second kappa shape index (κ2) is 9.43. The van der Waals surface area contributed by atoms with Crippen molar-refractivity contribution in [2.75, 3.05) is 32.7 Å². The second-order valence-corrected chi connectivity index (χ2v) is 12.0. The number of aryl methyl sites for hydroxylation is 1. The van der Waals surface area contributed by atoms with Crippen molar-refractivity contribution >= 4 is 15.9 Å². The molecule has 2 heterocycles. The molecular formula is C25H39N3O3S. The van der Waals surface area contributed by atoms with Gasteiger partial charge in [-0.15, -0.1) is 0 Å². The zero-order chi connectivity index (χ0) is 23.0. The quantitative estimate of drug-likeness (QED) is 0.646. The van der Waals surface area contributed by atoms with Gasteiger partial charge >= 0.3 is 0 Å². The Morgan fingerprint density at radius 1 is 0.969 bits per heavy atom. The van der Waals surface area contributed by atoms with Crippen LogP contribution in [0.4, 0.5) is 0 Å². The van der Waals surface area contributed by atoms with E-state index in [4.69, 9.17) is 0 Å². The van der Waals surface area contributed by atoms with Crippen LogP contribution in [0.2, 0.25) is 0 Å². The zero-order valence-electron chi connectivity index (χ0n) is 20.1. The van der Waals surface area contributed by atoms with Crippen molar-refractivity contribution in [2.24, 2.45) is 5.92 Å².